The number of nitrogens with zero attached hydrogens (tertiary/aromatic N) is 2. The van der Waals surface area contributed by atoms with E-state index in [2.05, 4.69) is 17.1 Å². The van der Waals surface area contributed by atoms with Crippen molar-refractivity contribution in [3.05, 3.63) is 17.7 Å². The first-order valence-electron chi connectivity index (χ1n) is 6.07. The van der Waals surface area contributed by atoms with Crippen LogP contribution in [0.4, 0.5) is 0 Å². The third-order valence-electron chi connectivity index (χ3n) is 3.22. The summed E-state index contributed by atoms with van der Waals surface area (Å²) in [7, 11) is 1.60. The van der Waals surface area contributed by atoms with E-state index in [1.807, 2.05) is 12.1 Å². The Balaban J connectivity index is 2.07. The van der Waals surface area contributed by atoms with E-state index in [-0.39, 0.29) is 12.7 Å². The molecular weight excluding hydrogens is 246 g/mol. The van der Waals surface area contributed by atoms with Crippen molar-refractivity contribution in [2.45, 2.75) is 13.3 Å². The first-order valence-corrected chi connectivity index (χ1v) is 6.07. The van der Waals surface area contributed by atoms with Gasteiger partial charge in [-0.3, -0.25) is 0 Å². The zero-order chi connectivity index (χ0) is 13.4. The van der Waals surface area contributed by atoms with E-state index in [4.69, 9.17) is 19.9 Å². The van der Waals surface area contributed by atoms with Crippen LogP contribution in [-0.2, 0) is 0 Å². The molecule has 2 aliphatic rings. The Morgan fingerprint density at radius 2 is 2.16 bits per heavy atom. The molecule has 0 aliphatic carbocycles. The Morgan fingerprint density at radius 3 is 2.89 bits per heavy atom. The van der Waals surface area contributed by atoms with Gasteiger partial charge in [-0.2, -0.15) is 5.10 Å². The van der Waals surface area contributed by atoms with Gasteiger partial charge in [-0.25, -0.2) is 0 Å². The van der Waals surface area contributed by atoms with E-state index in [1.54, 1.807) is 7.11 Å². The van der Waals surface area contributed by atoms with Crippen LogP contribution in [-0.4, -0.2) is 25.5 Å². The minimum absolute atomic E-state index is 0.211. The van der Waals surface area contributed by atoms with Gasteiger partial charge in [-0.1, -0.05) is 6.92 Å². The molecule has 0 radical (unpaired) electrons. The monoisotopic (exact) mass is 261 g/mol. The van der Waals surface area contributed by atoms with E-state index in [0.29, 0.717) is 29.5 Å². The lowest BCUT2D eigenvalue weighted by molar-refractivity contribution is 0.171. The molecule has 0 fully saturated rings. The van der Waals surface area contributed by atoms with Crippen molar-refractivity contribution < 1.29 is 14.2 Å². The number of hydrogen-bond donors (Lipinski definition) is 1. The van der Waals surface area contributed by atoms with E-state index in [1.165, 1.54) is 0 Å². The molecule has 0 bridgehead atoms. The van der Waals surface area contributed by atoms with Crippen molar-refractivity contribution in [2.75, 3.05) is 13.9 Å². The molecule has 2 N–H and O–H groups in total. The standard InChI is InChI=1S/C13H15N3O3/c1-7-3-11(14)15-16-12(7)8-4-9(17-2)13-10(5-8)18-6-19-13/h4-5,7H,3,6H2,1-2H3,(H2,14,15). The molecule has 2 aliphatic heterocycles. The Morgan fingerprint density at radius 1 is 1.32 bits per heavy atom. The second kappa shape index (κ2) is 4.46. The smallest absolute Gasteiger partial charge is 0.231 e. The predicted molar refractivity (Wildman–Crippen MR) is 71.1 cm³/mol. The highest BCUT2D eigenvalue weighted by Crippen LogP contribution is 2.42. The molecule has 1 aromatic rings. The van der Waals surface area contributed by atoms with Gasteiger partial charge in [-0.05, 0) is 12.1 Å². The van der Waals surface area contributed by atoms with Gasteiger partial charge in [0, 0.05) is 17.9 Å². The van der Waals surface area contributed by atoms with Crippen LogP contribution >= 0.6 is 0 Å². The molecule has 1 atom stereocenters. The van der Waals surface area contributed by atoms with Crippen LogP contribution in [0.3, 0.4) is 0 Å². The Labute approximate surface area is 110 Å². The van der Waals surface area contributed by atoms with Crippen molar-refractivity contribution in [2.24, 2.45) is 21.9 Å². The molecule has 0 saturated carbocycles. The van der Waals surface area contributed by atoms with Crippen LogP contribution in [0.1, 0.15) is 18.9 Å². The zero-order valence-corrected chi connectivity index (χ0v) is 10.8. The summed E-state index contributed by atoms with van der Waals surface area (Å²) in [6, 6.07) is 3.79. The fraction of sp³-hybridized carbons (Fsp3) is 0.385. The average Bonchev–Trinajstić information content (AvgIpc) is 2.85. The quantitative estimate of drug-likeness (QED) is 0.875. The highest BCUT2D eigenvalue weighted by Gasteiger charge is 2.25. The van der Waals surface area contributed by atoms with Gasteiger partial charge in [0.05, 0.1) is 12.8 Å². The summed E-state index contributed by atoms with van der Waals surface area (Å²) < 4.78 is 16.1. The summed E-state index contributed by atoms with van der Waals surface area (Å²) in [5.41, 5.74) is 7.49. The fourth-order valence-corrected chi connectivity index (χ4v) is 2.29. The molecule has 100 valence electrons. The van der Waals surface area contributed by atoms with Crippen LogP contribution < -0.4 is 19.9 Å². The molecule has 1 aromatic carbocycles. The number of benzene rings is 1. The Hall–Kier alpha value is -2.24. The third kappa shape index (κ3) is 1.99. The molecule has 2 heterocycles. The number of nitrogens with two attached hydrogens (primary N) is 1. The Kier molecular flexibility index (Phi) is 2.77. The minimum Gasteiger partial charge on any atom is -0.493 e. The van der Waals surface area contributed by atoms with Crippen LogP contribution in [0.5, 0.6) is 17.2 Å². The number of methoxy groups -OCH3 is 1. The molecule has 0 saturated heterocycles. The van der Waals surface area contributed by atoms with E-state index in [0.717, 1.165) is 11.3 Å². The maximum absolute atomic E-state index is 5.69. The predicted octanol–water partition coefficient (Wildman–Crippen LogP) is 1.52. The number of rotatable bonds is 2. The summed E-state index contributed by atoms with van der Waals surface area (Å²) in [6.07, 6.45) is 0.704. The first kappa shape index (κ1) is 11.8. The summed E-state index contributed by atoms with van der Waals surface area (Å²) in [6.45, 7) is 2.28. The largest absolute Gasteiger partial charge is 0.493 e. The molecule has 0 amide bonds. The second-order valence-corrected chi connectivity index (χ2v) is 4.59. The lowest BCUT2D eigenvalue weighted by Gasteiger charge is -2.18. The van der Waals surface area contributed by atoms with Crippen molar-refractivity contribution in [3.8, 4) is 17.2 Å². The summed E-state index contributed by atoms with van der Waals surface area (Å²) in [4.78, 5) is 0. The molecular formula is C13H15N3O3. The van der Waals surface area contributed by atoms with Crippen molar-refractivity contribution >= 4 is 11.5 Å². The van der Waals surface area contributed by atoms with Gasteiger partial charge in [0.25, 0.3) is 0 Å². The van der Waals surface area contributed by atoms with Crippen molar-refractivity contribution in [1.82, 2.24) is 0 Å². The summed E-state index contributed by atoms with van der Waals surface area (Å²) in [5.74, 6) is 2.72. The first-order chi connectivity index (χ1) is 9.19. The molecule has 19 heavy (non-hydrogen) atoms. The second-order valence-electron chi connectivity index (χ2n) is 4.59. The highest BCUT2D eigenvalue weighted by atomic mass is 16.7. The summed E-state index contributed by atoms with van der Waals surface area (Å²) in [5, 5.41) is 8.15. The SMILES string of the molecule is COc1cc(C2=NN=C(N)CC2C)cc2c1OCO2. The minimum atomic E-state index is 0.211. The molecule has 1 unspecified atom stereocenters. The zero-order valence-electron chi connectivity index (χ0n) is 10.8. The van der Waals surface area contributed by atoms with Gasteiger partial charge >= 0.3 is 0 Å². The highest BCUT2D eigenvalue weighted by molar-refractivity contribution is 6.06. The van der Waals surface area contributed by atoms with Gasteiger partial charge in [0.2, 0.25) is 12.5 Å². The molecule has 0 aromatic heterocycles. The van der Waals surface area contributed by atoms with E-state index in [9.17, 15) is 0 Å². The normalized spacial score (nSPS) is 20.8. The van der Waals surface area contributed by atoms with Gasteiger partial charge in [0.15, 0.2) is 11.5 Å². The number of ether oxygens (including phenoxy) is 3. The molecule has 0 spiro atoms. The topological polar surface area (TPSA) is 78.4 Å². The van der Waals surface area contributed by atoms with Crippen molar-refractivity contribution in [3.63, 3.8) is 0 Å². The number of fused-ring (bicyclic) bond motifs is 1. The lowest BCUT2D eigenvalue weighted by atomic mass is 9.94. The lowest BCUT2D eigenvalue weighted by Crippen LogP contribution is -2.25. The van der Waals surface area contributed by atoms with Gasteiger partial charge < -0.3 is 19.9 Å². The fourth-order valence-electron chi connectivity index (χ4n) is 2.29. The van der Waals surface area contributed by atoms with Crippen LogP contribution in [0.15, 0.2) is 22.3 Å². The van der Waals surface area contributed by atoms with Gasteiger partial charge in [-0.15, -0.1) is 5.10 Å². The maximum atomic E-state index is 5.69. The van der Waals surface area contributed by atoms with Crippen LogP contribution in [0, 0.1) is 5.92 Å². The molecule has 6 nitrogen and oxygen atoms in total. The Bertz CT molecular complexity index is 581. The third-order valence-corrected chi connectivity index (χ3v) is 3.22. The van der Waals surface area contributed by atoms with Crippen LogP contribution in [0.2, 0.25) is 0 Å². The van der Waals surface area contributed by atoms with Crippen LogP contribution in [0.25, 0.3) is 0 Å². The van der Waals surface area contributed by atoms with Gasteiger partial charge in [0.1, 0.15) is 5.84 Å². The summed E-state index contributed by atoms with van der Waals surface area (Å²) >= 11 is 0. The maximum Gasteiger partial charge on any atom is 0.231 e. The van der Waals surface area contributed by atoms with Crippen molar-refractivity contribution in [1.29, 1.82) is 0 Å². The molecule has 6 heteroatoms. The number of amidine groups is 1. The van der Waals surface area contributed by atoms with E-state index >= 15 is 0 Å². The molecule has 3 rings (SSSR count). The van der Waals surface area contributed by atoms with E-state index < -0.39 is 0 Å². The average molecular weight is 261 g/mol. The number of hydrogen-bond acceptors (Lipinski definition) is 6.